The van der Waals surface area contributed by atoms with Crippen LogP contribution in [0.5, 0.6) is 0 Å². The summed E-state index contributed by atoms with van der Waals surface area (Å²) in [5.41, 5.74) is 4.72. The van der Waals surface area contributed by atoms with Crippen LogP contribution < -0.4 is 21.7 Å². The summed E-state index contributed by atoms with van der Waals surface area (Å²) in [6.07, 6.45) is -5.83. The van der Waals surface area contributed by atoms with E-state index in [0.717, 1.165) is 6.07 Å². The predicted molar refractivity (Wildman–Crippen MR) is 114 cm³/mol. The lowest BCUT2D eigenvalue weighted by atomic mass is 10.0. The normalized spacial score (nSPS) is 19.9. The number of Topliss-reactive ketones (excluding diaryl/α,β-unsaturated/α-hetero) is 1. The van der Waals surface area contributed by atoms with Crippen molar-refractivity contribution in [2.75, 3.05) is 26.2 Å². The fourth-order valence-corrected chi connectivity index (χ4v) is 3.59. The van der Waals surface area contributed by atoms with E-state index in [4.69, 9.17) is 5.73 Å². The Morgan fingerprint density at radius 2 is 1.94 bits per heavy atom. The zero-order valence-corrected chi connectivity index (χ0v) is 18.5. The van der Waals surface area contributed by atoms with Crippen molar-refractivity contribution in [3.8, 4) is 0 Å². The molecular formula is C21H30F3N5O4. The Bertz CT molecular complexity index is 849. The van der Waals surface area contributed by atoms with Crippen LogP contribution in [0.25, 0.3) is 0 Å². The second kappa shape index (κ2) is 11.5. The highest BCUT2D eigenvalue weighted by molar-refractivity contribution is 5.93. The van der Waals surface area contributed by atoms with Gasteiger partial charge in [-0.05, 0) is 25.5 Å². The fourth-order valence-electron chi connectivity index (χ4n) is 3.59. The summed E-state index contributed by atoms with van der Waals surface area (Å²) in [6, 6.07) is 1.92. The van der Waals surface area contributed by atoms with Gasteiger partial charge in [0.2, 0.25) is 11.8 Å². The van der Waals surface area contributed by atoms with E-state index in [-0.39, 0.29) is 31.0 Å². The summed E-state index contributed by atoms with van der Waals surface area (Å²) in [5.74, 6) is -1.81. The number of halogens is 3. The Balaban J connectivity index is 2.17. The molecule has 1 aromatic carbocycles. The van der Waals surface area contributed by atoms with E-state index in [1.54, 1.807) is 4.90 Å². The molecule has 9 nitrogen and oxygen atoms in total. The maximum Gasteiger partial charge on any atom is 0.416 e. The Labute approximate surface area is 189 Å². The van der Waals surface area contributed by atoms with Crippen molar-refractivity contribution in [2.24, 2.45) is 5.73 Å². The molecule has 12 heteroatoms. The average Bonchev–Trinajstić information content (AvgIpc) is 2.75. The van der Waals surface area contributed by atoms with Gasteiger partial charge in [0.1, 0.15) is 12.1 Å². The van der Waals surface area contributed by atoms with E-state index in [0.29, 0.717) is 13.1 Å². The van der Waals surface area contributed by atoms with Crippen LogP contribution in [0.3, 0.4) is 0 Å². The number of aliphatic hydroxyl groups is 1. The lowest BCUT2D eigenvalue weighted by molar-refractivity contribution is -0.139. The SMILES string of the molecule is CC(=O)[C@H](CN)NC(=O)[C@@H](NC(=O)[C@@H]1CNCCN1Cc1ccccc1C(F)(F)F)[C@H](C)O. The number of nitrogens with zero attached hydrogens (tertiary/aromatic N) is 1. The van der Waals surface area contributed by atoms with Crippen LogP contribution in [0.15, 0.2) is 24.3 Å². The van der Waals surface area contributed by atoms with E-state index in [1.807, 2.05) is 0 Å². The Morgan fingerprint density at radius 1 is 1.27 bits per heavy atom. The van der Waals surface area contributed by atoms with Gasteiger partial charge in [0, 0.05) is 32.7 Å². The number of benzene rings is 1. The van der Waals surface area contributed by atoms with Crippen molar-refractivity contribution in [1.29, 1.82) is 0 Å². The molecule has 0 saturated carbocycles. The van der Waals surface area contributed by atoms with E-state index in [1.165, 1.54) is 32.0 Å². The van der Waals surface area contributed by atoms with Gasteiger partial charge in [-0.25, -0.2) is 0 Å². The average molecular weight is 473 g/mol. The van der Waals surface area contributed by atoms with Crippen molar-refractivity contribution in [3.05, 3.63) is 35.4 Å². The number of nitrogens with one attached hydrogen (secondary N) is 3. The Hall–Kier alpha value is -2.54. The van der Waals surface area contributed by atoms with E-state index in [9.17, 15) is 32.7 Å². The maximum absolute atomic E-state index is 13.4. The molecule has 2 amide bonds. The van der Waals surface area contributed by atoms with Crippen molar-refractivity contribution >= 4 is 17.6 Å². The zero-order valence-electron chi connectivity index (χ0n) is 18.5. The fraction of sp³-hybridized carbons (Fsp3) is 0.571. The summed E-state index contributed by atoms with van der Waals surface area (Å²) in [7, 11) is 0. The second-order valence-corrected chi connectivity index (χ2v) is 7.98. The largest absolute Gasteiger partial charge is 0.416 e. The molecule has 6 N–H and O–H groups in total. The summed E-state index contributed by atoms with van der Waals surface area (Å²) < 4.78 is 40.1. The number of rotatable bonds is 9. The van der Waals surface area contributed by atoms with Crippen LogP contribution in [0.4, 0.5) is 13.2 Å². The number of piperazine rings is 1. The highest BCUT2D eigenvalue weighted by Crippen LogP contribution is 2.32. The predicted octanol–water partition coefficient (Wildman–Crippen LogP) is -0.623. The first kappa shape index (κ1) is 26.7. The van der Waals surface area contributed by atoms with Gasteiger partial charge in [-0.15, -0.1) is 0 Å². The van der Waals surface area contributed by atoms with Gasteiger partial charge in [0.05, 0.1) is 17.7 Å². The number of amides is 2. The number of carbonyl (C=O) groups excluding carboxylic acids is 3. The first-order valence-corrected chi connectivity index (χ1v) is 10.5. The molecule has 0 radical (unpaired) electrons. The number of alkyl halides is 3. The third-order valence-corrected chi connectivity index (χ3v) is 5.46. The minimum absolute atomic E-state index is 0.0294. The number of hydrogen-bond donors (Lipinski definition) is 5. The first-order valence-electron chi connectivity index (χ1n) is 10.5. The minimum atomic E-state index is -4.53. The molecule has 0 aromatic heterocycles. The monoisotopic (exact) mass is 473 g/mol. The molecule has 4 atom stereocenters. The van der Waals surface area contributed by atoms with Gasteiger partial charge >= 0.3 is 6.18 Å². The van der Waals surface area contributed by atoms with Gasteiger partial charge in [-0.3, -0.25) is 19.3 Å². The molecule has 33 heavy (non-hydrogen) atoms. The van der Waals surface area contributed by atoms with E-state index in [2.05, 4.69) is 16.0 Å². The van der Waals surface area contributed by atoms with Crippen LogP contribution in [0.2, 0.25) is 0 Å². The highest BCUT2D eigenvalue weighted by Gasteiger charge is 2.37. The van der Waals surface area contributed by atoms with E-state index >= 15 is 0 Å². The second-order valence-electron chi connectivity index (χ2n) is 7.98. The molecule has 0 spiro atoms. The van der Waals surface area contributed by atoms with Crippen molar-refractivity contribution < 1.29 is 32.7 Å². The van der Waals surface area contributed by atoms with Crippen LogP contribution in [0, 0.1) is 0 Å². The molecule has 0 bridgehead atoms. The number of ketones is 1. The number of nitrogens with two attached hydrogens (primary N) is 1. The van der Waals surface area contributed by atoms with Crippen LogP contribution in [-0.4, -0.2) is 78.0 Å². The molecule has 0 unspecified atom stereocenters. The zero-order chi connectivity index (χ0) is 24.8. The van der Waals surface area contributed by atoms with Gasteiger partial charge in [-0.1, -0.05) is 18.2 Å². The first-order chi connectivity index (χ1) is 15.5. The molecule has 0 aliphatic carbocycles. The van der Waals surface area contributed by atoms with E-state index < -0.39 is 47.8 Å². The molecule has 2 rings (SSSR count). The van der Waals surface area contributed by atoms with Crippen molar-refractivity contribution in [1.82, 2.24) is 20.9 Å². The minimum Gasteiger partial charge on any atom is -0.391 e. The summed E-state index contributed by atoms with van der Waals surface area (Å²) in [4.78, 5) is 38.7. The smallest absolute Gasteiger partial charge is 0.391 e. The lowest BCUT2D eigenvalue weighted by Gasteiger charge is -2.36. The molecule has 1 aliphatic rings. The van der Waals surface area contributed by atoms with Gasteiger partial charge in [0.15, 0.2) is 5.78 Å². The third-order valence-electron chi connectivity index (χ3n) is 5.46. The number of carbonyl (C=O) groups is 3. The summed E-state index contributed by atoms with van der Waals surface area (Å²) in [6.45, 7) is 3.18. The van der Waals surface area contributed by atoms with Crippen LogP contribution in [-0.2, 0) is 27.1 Å². The maximum atomic E-state index is 13.4. The van der Waals surface area contributed by atoms with Gasteiger partial charge < -0.3 is 26.8 Å². The van der Waals surface area contributed by atoms with Crippen molar-refractivity contribution in [2.45, 2.75) is 50.8 Å². The quantitative estimate of drug-likeness (QED) is 0.322. The summed E-state index contributed by atoms with van der Waals surface area (Å²) >= 11 is 0. The molecule has 184 valence electrons. The van der Waals surface area contributed by atoms with Crippen LogP contribution >= 0.6 is 0 Å². The topological polar surface area (TPSA) is 137 Å². The molecule has 1 aliphatic heterocycles. The number of aliphatic hydroxyl groups excluding tert-OH is 1. The summed E-state index contributed by atoms with van der Waals surface area (Å²) in [5, 5.41) is 17.9. The van der Waals surface area contributed by atoms with Gasteiger partial charge in [0.25, 0.3) is 0 Å². The lowest BCUT2D eigenvalue weighted by Crippen LogP contribution is -2.62. The molecule has 1 fully saturated rings. The molecular weight excluding hydrogens is 443 g/mol. The molecule has 1 heterocycles. The van der Waals surface area contributed by atoms with Crippen molar-refractivity contribution in [3.63, 3.8) is 0 Å². The Kier molecular flexibility index (Phi) is 9.35. The highest BCUT2D eigenvalue weighted by atomic mass is 19.4. The number of hydrogen-bond acceptors (Lipinski definition) is 7. The third kappa shape index (κ3) is 7.22. The molecule has 1 aromatic rings. The molecule has 1 saturated heterocycles. The Morgan fingerprint density at radius 3 is 2.52 bits per heavy atom. The van der Waals surface area contributed by atoms with Gasteiger partial charge in [-0.2, -0.15) is 13.2 Å². The standard InChI is InChI=1S/C21H30F3N5O4/c1-12(30)16(9-25)27-20(33)18(13(2)31)28-19(32)17-10-26-7-8-29(17)11-14-5-3-4-6-15(14)21(22,23)24/h3-6,13,16-18,26,31H,7-11,25H2,1-2H3,(H,27,33)(H,28,32)/t13-,16-,17-,18-/m0/s1. The van der Waals surface area contributed by atoms with Crippen LogP contribution in [0.1, 0.15) is 25.0 Å².